The van der Waals surface area contributed by atoms with Gasteiger partial charge in [-0.1, -0.05) is 26.8 Å². The molecule has 0 bridgehead atoms. The van der Waals surface area contributed by atoms with Crippen LogP contribution in [0.5, 0.6) is 0 Å². The van der Waals surface area contributed by atoms with Gasteiger partial charge in [-0.05, 0) is 121 Å². The molecule has 24 nitrogen and oxygen atoms in total. The summed E-state index contributed by atoms with van der Waals surface area (Å²) < 4.78 is 70.9. The van der Waals surface area contributed by atoms with Crippen LogP contribution in [0.15, 0.2) is 88.4 Å². The van der Waals surface area contributed by atoms with Crippen molar-refractivity contribution in [2.75, 3.05) is 24.9 Å². The second-order valence-electron chi connectivity index (χ2n) is 22.1. The van der Waals surface area contributed by atoms with Gasteiger partial charge in [-0.2, -0.15) is 0 Å². The molecule has 0 spiro atoms. The van der Waals surface area contributed by atoms with Gasteiger partial charge in [-0.3, -0.25) is 24.1 Å². The number of carbonyl (C=O) groups is 5. The molecule has 2 aliphatic heterocycles. The second-order valence-corrected chi connectivity index (χ2v) is 25.9. The first kappa shape index (κ1) is 60.2. The molecule has 4 atom stereocenters. The molecule has 27 heteroatoms. The third-order valence-corrected chi connectivity index (χ3v) is 17.7. The molecule has 0 saturated carbocycles. The lowest BCUT2D eigenvalue weighted by molar-refractivity contribution is -0.172. The van der Waals surface area contributed by atoms with Crippen molar-refractivity contribution in [3.63, 3.8) is 0 Å². The Kier molecular flexibility index (Phi) is 16.0. The predicted octanol–water partition coefficient (Wildman–Crippen LogP) is 5.03. The summed E-state index contributed by atoms with van der Waals surface area (Å²) in [4.78, 5) is 105. The van der Waals surface area contributed by atoms with Gasteiger partial charge in [0.2, 0.25) is 41.8 Å². The number of hydrogen-bond acceptors (Lipinski definition) is 18. The number of halogens is 1. The van der Waals surface area contributed by atoms with Crippen LogP contribution in [0.25, 0.3) is 44.5 Å². The number of amides is 4. The Bertz CT molecular complexity index is 4220. The van der Waals surface area contributed by atoms with Crippen LogP contribution in [0.4, 0.5) is 14.9 Å². The third kappa shape index (κ3) is 11.2. The van der Waals surface area contributed by atoms with Gasteiger partial charge in [0.1, 0.15) is 24.5 Å². The summed E-state index contributed by atoms with van der Waals surface area (Å²) >= 11 is 0. The zero-order chi connectivity index (χ0) is 62.1. The fourth-order valence-corrected chi connectivity index (χ4v) is 12.3. The number of aryl methyl sites for hydroxylation is 1. The van der Waals surface area contributed by atoms with Gasteiger partial charge in [-0.25, -0.2) is 55.7 Å². The summed E-state index contributed by atoms with van der Waals surface area (Å²) in [5.74, 6) is -3.97. The number of carbonyl (C=O) groups excluding carboxylic acids is 4. The van der Waals surface area contributed by atoms with Crippen LogP contribution in [0.3, 0.4) is 0 Å². The van der Waals surface area contributed by atoms with Gasteiger partial charge in [0.05, 0.1) is 35.1 Å². The topological polar surface area (TPSA) is 341 Å². The summed E-state index contributed by atoms with van der Waals surface area (Å²) in [6, 6.07) is 9.16. The number of aliphatic hydroxyl groups is 1. The smallest absolute Gasteiger partial charge is 0.408 e. The molecular weight excluding hydrogens is 1150 g/mol. The Labute approximate surface area is 492 Å². The van der Waals surface area contributed by atoms with E-state index in [1.54, 1.807) is 65.1 Å². The number of aromatic nitrogens is 6. The number of hydrogen-bond donors (Lipinski definition) is 6. The van der Waals surface area contributed by atoms with Crippen LogP contribution in [0.2, 0.25) is 0 Å². The molecule has 3 aromatic carbocycles. The molecule has 10 rings (SSSR count). The van der Waals surface area contributed by atoms with E-state index in [2.05, 4.69) is 41.2 Å². The van der Waals surface area contributed by atoms with Crippen LogP contribution in [-0.4, -0.2) is 123 Å². The number of anilines is 1. The molecule has 6 heterocycles. The first-order valence-corrected chi connectivity index (χ1v) is 31.1. The second kappa shape index (κ2) is 22.8. The monoisotopic (exact) mass is 1210 g/mol. The van der Waals surface area contributed by atoms with Crippen LogP contribution < -0.4 is 26.8 Å². The van der Waals surface area contributed by atoms with E-state index in [-0.39, 0.29) is 67.0 Å². The first-order valence-electron chi connectivity index (χ1n) is 27.3. The van der Waals surface area contributed by atoms with Crippen molar-refractivity contribution < 1.29 is 60.1 Å². The van der Waals surface area contributed by atoms with Gasteiger partial charge in [0, 0.05) is 95.3 Å². The maximum absolute atomic E-state index is 15.7. The number of benzene rings is 3. The molecule has 4 aromatic heterocycles. The van der Waals surface area contributed by atoms with Gasteiger partial charge in [0.15, 0.2) is 5.60 Å². The van der Waals surface area contributed by atoms with E-state index in [4.69, 9.17) is 9.72 Å². The Morgan fingerprint density at radius 2 is 1.47 bits per heavy atom. The molecule has 7 aromatic rings. The van der Waals surface area contributed by atoms with Crippen molar-refractivity contribution in [2.24, 2.45) is 5.92 Å². The summed E-state index contributed by atoms with van der Waals surface area (Å²) in [7, 11) is -5.81. The molecule has 6 N–H and O–H groups in total. The highest BCUT2D eigenvalue weighted by Crippen LogP contribution is 2.48. The number of fused-ring (bicyclic) bond motifs is 5. The zero-order valence-electron chi connectivity index (χ0n) is 47.9. The lowest BCUT2D eigenvalue weighted by Gasteiger charge is -2.36. The van der Waals surface area contributed by atoms with E-state index in [9.17, 15) is 55.8 Å². The fraction of sp³-hybridized carbons (Fsp3) is 0.339. The average molecular weight is 1210 g/mol. The number of pyridine rings is 2. The van der Waals surface area contributed by atoms with Gasteiger partial charge >= 0.3 is 12.1 Å². The molecule has 0 radical (unpaired) electrons. The van der Waals surface area contributed by atoms with Crippen LogP contribution in [0, 0.1) is 18.7 Å². The number of esters is 1. The molecule has 448 valence electrons. The van der Waals surface area contributed by atoms with E-state index in [1.807, 2.05) is 0 Å². The van der Waals surface area contributed by atoms with Crippen molar-refractivity contribution in [3.8, 4) is 33.6 Å². The van der Waals surface area contributed by atoms with E-state index in [1.165, 1.54) is 59.4 Å². The van der Waals surface area contributed by atoms with Crippen LogP contribution in [0.1, 0.15) is 101 Å². The molecule has 0 fully saturated rings. The maximum atomic E-state index is 15.7. The first-order chi connectivity index (χ1) is 40.6. The molecule has 4 amide bonds. The largest absolute Gasteiger partial charge is 0.465 e. The lowest BCUT2D eigenvalue weighted by Crippen LogP contribution is -2.53. The molecular formula is C59H60FN11O13S2. The predicted molar refractivity (Wildman–Crippen MR) is 310 cm³/mol. The van der Waals surface area contributed by atoms with Crippen LogP contribution in [-0.2, 0) is 77.1 Å². The normalized spacial score (nSPS) is 16.8. The quantitative estimate of drug-likeness (QED) is 0.0514. The third-order valence-electron chi connectivity index (χ3n) is 15.9. The standard InChI is InChI=1S/C59H60FN11O13S2/c1-9-59(79)42-18-46-50-40(26-70(46)54(75)41(42)27-84-55(59)76)48-45(13-12-39-29(4)43(60)19-44(68-50)47(39)48)71(58(77)78)25-31-10-11-38(17-35(31)20-61-6)67-51(72)30(5)66-53(74)49(28(2)3)69-52(73)34-15-32(36-21-62-56(63-22-36)85(7,80)81)14-33(16-34)37-23-64-57(65-24-37)86(8,82)83/h10-11,14-19,21-24,28,30,45,49,61,79H,9,12-13,20,25-27H2,1-8H3,(H,66,74)(H,67,72)(H,69,73)(H,77,78)/t30-,45-,49-,59-/m0/s1. The van der Waals surface area contributed by atoms with Crippen LogP contribution >= 0.6 is 0 Å². The number of nitrogens with one attached hydrogen (secondary N) is 4. The molecule has 1 aliphatic carbocycles. The highest BCUT2D eigenvalue weighted by atomic mass is 32.2. The Hall–Kier alpha value is -8.92. The summed E-state index contributed by atoms with van der Waals surface area (Å²) in [6.07, 6.45) is 6.14. The van der Waals surface area contributed by atoms with Crippen molar-refractivity contribution in [1.82, 2.24) is 50.3 Å². The zero-order valence-corrected chi connectivity index (χ0v) is 49.5. The molecule has 0 unspecified atom stereocenters. The number of cyclic esters (lactones) is 1. The minimum atomic E-state index is -3.75. The number of sulfone groups is 2. The van der Waals surface area contributed by atoms with E-state index >= 15 is 4.39 Å². The summed E-state index contributed by atoms with van der Waals surface area (Å²) in [5, 5.41) is 33.8. The minimum absolute atomic E-state index is 0.0214. The van der Waals surface area contributed by atoms with Crippen molar-refractivity contribution in [1.29, 1.82) is 0 Å². The maximum Gasteiger partial charge on any atom is 0.408 e. The molecule has 3 aliphatic rings. The Morgan fingerprint density at radius 1 is 0.837 bits per heavy atom. The number of ether oxygens (including phenoxy) is 1. The van der Waals surface area contributed by atoms with E-state index < -0.39 is 101 Å². The number of carboxylic acid groups (broad SMARTS) is 1. The van der Waals surface area contributed by atoms with Gasteiger partial charge < -0.3 is 40.8 Å². The van der Waals surface area contributed by atoms with Gasteiger partial charge in [-0.15, -0.1) is 0 Å². The molecule has 0 saturated heterocycles. The minimum Gasteiger partial charge on any atom is -0.465 e. The lowest BCUT2D eigenvalue weighted by atomic mass is 9.81. The fourth-order valence-electron chi connectivity index (χ4n) is 11.3. The molecule has 86 heavy (non-hydrogen) atoms. The highest BCUT2D eigenvalue weighted by molar-refractivity contribution is 7.90. The van der Waals surface area contributed by atoms with Crippen molar-refractivity contribution >= 4 is 66.0 Å². The highest BCUT2D eigenvalue weighted by Gasteiger charge is 2.46. The van der Waals surface area contributed by atoms with Gasteiger partial charge in [0.25, 0.3) is 11.5 Å². The van der Waals surface area contributed by atoms with Crippen molar-refractivity contribution in [3.05, 3.63) is 140 Å². The average Bonchev–Trinajstić information content (AvgIpc) is 1.50. The van der Waals surface area contributed by atoms with E-state index in [0.29, 0.717) is 78.8 Å². The Balaban J connectivity index is 0.885. The summed E-state index contributed by atoms with van der Waals surface area (Å²) in [6.45, 7) is 7.79. The van der Waals surface area contributed by atoms with Crippen molar-refractivity contribution in [2.45, 2.75) is 114 Å². The number of nitrogens with zero attached hydrogens (tertiary/aromatic N) is 7. The Morgan fingerprint density at radius 3 is 2.03 bits per heavy atom. The van der Waals surface area contributed by atoms with E-state index in [0.717, 1.165) is 12.5 Å². The summed E-state index contributed by atoms with van der Waals surface area (Å²) in [5.41, 5.74) is 3.43. The SMILES string of the molecule is CC[C@@]1(O)C(=O)OCc2c1cc1n(c2=O)Cc2c-1nc1cc(F)c(C)c3c1c2[C@@H](N(Cc1ccc(NC(=O)[C@H](C)NC(=O)[C@@H](NC(=O)c2cc(-c4cnc(S(C)(=O)=O)nc4)cc(-c4cnc(S(C)(=O)=O)nc4)c2)C(C)C)cc1CNC)C(=O)O)CC3. The number of rotatable bonds is 17.